The summed E-state index contributed by atoms with van der Waals surface area (Å²) >= 11 is 0. The molecule has 590 valence electrons. The van der Waals surface area contributed by atoms with Crippen LogP contribution in [0.25, 0.3) is 0 Å². The van der Waals surface area contributed by atoms with Gasteiger partial charge in [0.2, 0.25) is 5.91 Å². The zero-order valence-corrected chi connectivity index (χ0v) is 63.1. The third kappa shape index (κ3) is 42.3. The molecule has 0 aromatic rings. The average molecular weight is 1450 g/mol. The van der Waals surface area contributed by atoms with Crippen LogP contribution in [0, 0.1) is 0 Å². The lowest BCUT2D eigenvalue weighted by Crippen LogP contribution is -2.66. The van der Waals surface area contributed by atoms with E-state index in [1.54, 1.807) is 6.08 Å². The Kier molecular flexibility index (Phi) is 57.1. The molecular formula is C83H145NO18. The quantitative estimate of drug-likeness (QED) is 0.0199. The van der Waals surface area contributed by atoms with Crippen molar-refractivity contribution in [3.63, 3.8) is 0 Å². The molecule has 12 N–H and O–H groups in total. The van der Waals surface area contributed by atoms with Gasteiger partial charge in [0, 0.05) is 6.42 Å². The Morgan fingerprint density at radius 2 is 0.686 bits per heavy atom. The van der Waals surface area contributed by atoms with Gasteiger partial charge in [-0.2, -0.15) is 0 Å². The smallest absolute Gasteiger partial charge is 0.220 e. The lowest BCUT2D eigenvalue weighted by atomic mass is 9.96. The Hall–Kier alpha value is -3.29. The number of ether oxygens (including phenoxy) is 6. The van der Waals surface area contributed by atoms with Gasteiger partial charge in [0.1, 0.15) is 73.2 Å². The van der Waals surface area contributed by atoms with E-state index in [1.165, 1.54) is 180 Å². The summed E-state index contributed by atoms with van der Waals surface area (Å²) in [6.45, 7) is 1.61. The summed E-state index contributed by atoms with van der Waals surface area (Å²) < 4.78 is 34.4. The summed E-state index contributed by atoms with van der Waals surface area (Å²) in [5.74, 6) is -0.288. The molecule has 3 saturated heterocycles. The van der Waals surface area contributed by atoms with Crippen molar-refractivity contribution in [2.24, 2.45) is 0 Å². The molecule has 19 heteroatoms. The zero-order chi connectivity index (χ0) is 73.9. The predicted octanol–water partition coefficient (Wildman–Crippen LogP) is 13.6. The van der Waals surface area contributed by atoms with Gasteiger partial charge in [-0.25, -0.2) is 0 Å². The van der Waals surface area contributed by atoms with E-state index in [-0.39, 0.29) is 18.9 Å². The lowest BCUT2D eigenvalue weighted by molar-refractivity contribution is -0.379. The van der Waals surface area contributed by atoms with E-state index in [0.29, 0.717) is 12.8 Å². The first-order valence-corrected chi connectivity index (χ1v) is 40.5. The molecule has 0 radical (unpaired) electrons. The van der Waals surface area contributed by atoms with Crippen LogP contribution >= 0.6 is 0 Å². The molecular weight excluding hydrogens is 1300 g/mol. The Labute approximate surface area is 615 Å². The van der Waals surface area contributed by atoms with E-state index in [2.05, 4.69) is 104 Å². The van der Waals surface area contributed by atoms with E-state index < -0.39 is 124 Å². The van der Waals surface area contributed by atoms with E-state index in [9.17, 15) is 61.0 Å². The summed E-state index contributed by atoms with van der Waals surface area (Å²) in [5.41, 5.74) is 0. The summed E-state index contributed by atoms with van der Waals surface area (Å²) in [7, 11) is 0. The molecule has 0 aliphatic carbocycles. The number of aliphatic hydroxyl groups excluding tert-OH is 11. The molecule has 3 aliphatic heterocycles. The minimum atomic E-state index is -1.99. The molecule has 0 aromatic heterocycles. The molecule has 17 unspecified atom stereocenters. The van der Waals surface area contributed by atoms with Crippen molar-refractivity contribution in [1.82, 2.24) is 5.32 Å². The maximum atomic E-state index is 13.5. The van der Waals surface area contributed by atoms with Crippen molar-refractivity contribution in [3.8, 4) is 0 Å². The van der Waals surface area contributed by atoms with Crippen LogP contribution in [0.15, 0.2) is 97.2 Å². The van der Waals surface area contributed by atoms with Gasteiger partial charge in [-0.1, -0.05) is 291 Å². The molecule has 3 heterocycles. The van der Waals surface area contributed by atoms with Crippen molar-refractivity contribution >= 4 is 5.91 Å². The van der Waals surface area contributed by atoms with E-state index in [4.69, 9.17) is 28.4 Å². The highest BCUT2D eigenvalue weighted by Gasteiger charge is 2.54. The highest BCUT2D eigenvalue weighted by Crippen LogP contribution is 2.33. The van der Waals surface area contributed by atoms with Gasteiger partial charge in [-0.15, -0.1) is 0 Å². The number of hydrogen-bond acceptors (Lipinski definition) is 18. The summed E-state index contributed by atoms with van der Waals surface area (Å²) in [6, 6.07) is -1.00. The number of rotatable bonds is 63. The number of amides is 1. The molecule has 0 saturated carbocycles. The molecule has 19 nitrogen and oxygen atoms in total. The second-order valence-corrected chi connectivity index (χ2v) is 28.5. The fourth-order valence-electron chi connectivity index (χ4n) is 13.1. The van der Waals surface area contributed by atoms with E-state index in [0.717, 1.165) is 77.0 Å². The lowest BCUT2D eigenvalue weighted by Gasteiger charge is -2.48. The van der Waals surface area contributed by atoms with Crippen LogP contribution in [0.4, 0.5) is 0 Å². The monoisotopic (exact) mass is 1440 g/mol. The predicted molar refractivity (Wildman–Crippen MR) is 406 cm³/mol. The molecule has 3 fully saturated rings. The van der Waals surface area contributed by atoms with Crippen LogP contribution in [0.3, 0.4) is 0 Å². The fourth-order valence-corrected chi connectivity index (χ4v) is 13.1. The van der Waals surface area contributed by atoms with Gasteiger partial charge < -0.3 is 89.9 Å². The number of nitrogens with one attached hydrogen (secondary N) is 1. The van der Waals surface area contributed by atoms with E-state index >= 15 is 0 Å². The van der Waals surface area contributed by atoms with Crippen LogP contribution in [-0.2, 0) is 33.2 Å². The second-order valence-electron chi connectivity index (χ2n) is 28.5. The molecule has 3 rings (SSSR count). The average Bonchev–Trinajstić information content (AvgIpc) is 0.778. The number of carbonyl (C=O) groups excluding carboxylic acids is 1. The Balaban J connectivity index is 1.34. The third-order valence-corrected chi connectivity index (χ3v) is 19.6. The SMILES string of the molecule is CC/C=C\C/C=C\C/C=C\C/C=C\C/C=C\CCCCCCCCCCCCCCCCCCCCCCCC(=O)NC(COC1OC(CO)C(OC2OC(CO)C(OC3OC(CO)C(O)C(O)C3O)C(O)C2O)C(O)C1O)C(O)/C=C/CC/C=C/CC/C=C/CCCCCCCCCCCC. The maximum absolute atomic E-state index is 13.5. The molecule has 1 amide bonds. The number of unbranched alkanes of at least 4 members (excludes halogenated alkanes) is 33. The van der Waals surface area contributed by atoms with Crippen LogP contribution in [0.5, 0.6) is 0 Å². The van der Waals surface area contributed by atoms with Gasteiger partial charge in [-0.05, 0) is 89.9 Å². The normalized spacial score (nSPS) is 26.7. The molecule has 17 atom stereocenters. The molecule has 3 aliphatic rings. The van der Waals surface area contributed by atoms with Gasteiger partial charge in [0.05, 0.1) is 38.6 Å². The first-order chi connectivity index (χ1) is 49.8. The number of allylic oxidation sites excluding steroid dienone is 15. The molecule has 102 heavy (non-hydrogen) atoms. The Morgan fingerprint density at radius 3 is 1.10 bits per heavy atom. The van der Waals surface area contributed by atoms with Crippen molar-refractivity contribution in [3.05, 3.63) is 97.2 Å². The molecule has 0 aromatic carbocycles. The summed E-state index contributed by atoms with van der Waals surface area (Å²) in [5, 5.41) is 121. The maximum Gasteiger partial charge on any atom is 0.220 e. The number of carbonyl (C=O) groups is 1. The second kappa shape index (κ2) is 62.7. The Morgan fingerprint density at radius 1 is 0.363 bits per heavy atom. The van der Waals surface area contributed by atoms with Gasteiger partial charge in [0.15, 0.2) is 18.9 Å². The molecule has 0 spiro atoms. The topological polar surface area (TPSA) is 307 Å². The summed E-state index contributed by atoms with van der Waals surface area (Å²) in [4.78, 5) is 13.5. The fraction of sp³-hybridized carbons (Fsp3) is 0.795. The first kappa shape index (κ1) is 92.9. The minimum absolute atomic E-state index is 0.231. The zero-order valence-electron chi connectivity index (χ0n) is 63.1. The van der Waals surface area contributed by atoms with Crippen molar-refractivity contribution in [2.75, 3.05) is 26.4 Å². The van der Waals surface area contributed by atoms with Crippen LogP contribution in [0.1, 0.15) is 290 Å². The van der Waals surface area contributed by atoms with Crippen LogP contribution in [0.2, 0.25) is 0 Å². The largest absolute Gasteiger partial charge is 0.394 e. The number of aliphatic hydroxyl groups is 11. The summed E-state index contributed by atoms with van der Waals surface area (Å²) in [6.07, 6.45) is 58.3. The third-order valence-electron chi connectivity index (χ3n) is 19.6. The van der Waals surface area contributed by atoms with Crippen molar-refractivity contribution < 1.29 is 89.4 Å². The van der Waals surface area contributed by atoms with Gasteiger partial charge >= 0.3 is 0 Å². The van der Waals surface area contributed by atoms with Crippen molar-refractivity contribution in [1.29, 1.82) is 0 Å². The minimum Gasteiger partial charge on any atom is -0.394 e. The van der Waals surface area contributed by atoms with Crippen LogP contribution in [-0.4, -0.2) is 193 Å². The first-order valence-electron chi connectivity index (χ1n) is 40.5. The Bertz CT molecular complexity index is 2220. The van der Waals surface area contributed by atoms with Gasteiger partial charge in [0.25, 0.3) is 0 Å². The number of hydrogen-bond donors (Lipinski definition) is 12. The van der Waals surface area contributed by atoms with E-state index in [1.807, 2.05) is 6.08 Å². The van der Waals surface area contributed by atoms with Gasteiger partial charge in [-0.3, -0.25) is 4.79 Å². The van der Waals surface area contributed by atoms with Crippen LogP contribution < -0.4 is 5.32 Å². The highest BCUT2D eigenvalue weighted by atomic mass is 16.8. The highest BCUT2D eigenvalue weighted by molar-refractivity contribution is 5.76. The standard InChI is InChI=1S/C83H145NO18/c1-3-5-7-9-11-13-15-17-19-21-23-25-26-27-28-29-30-31-32-33-34-35-36-37-38-39-40-41-43-45-47-49-51-53-55-57-59-61-71(89)84-66(67(88)60-58-56-54-52-50-48-46-44-42-24-22-20-18-16-14-12-10-8-6-4-2)65-97-81-77(95)74(92)79(69(63-86)99-81)102-83-78(96)75(93)80(70(64-87)100-83)101-82-76(94)73(91)72(90)68(62-85)98-82/h5,7,11,13,17,19,23,25,27-28,42,44,50,52,58,60,66-70,72-83,85-88,90-96H,3-4,6,8-10,12,14-16,18,20-22,24,26,29-41,43,45-49,51,53-57,59,61-65H2,1-2H3,(H,84,89)/b7-5-,13-11-,19-17-,25-23-,28-27-,44-42+,52-50+,60-58+. The molecule has 0 bridgehead atoms. The van der Waals surface area contributed by atoms with Crippen molar-refractivity contribution in [2.45, 2.75) is 394 Å².